The lowest BCUT2D eigenvalue weighted by Gasteiger charge is -2.21. The highest BCUT2D eigenvalue weighted by atomic mass is 32.2. The minimum absolute atomic E-state index is 0.00846. The van der Waals surface area contributed by atoms with Crippen molar-refractivity contribution in [2.24, 2.45) is 5.92 Å². The van der Waals surface area contributed by atoms with E-state index in [0.29, 0.717) is 11.4 Å². The standard InChI is InChI=1S/C18H21FN4O4S/c1-11-16(17(24)20-15-6-4-3-5-14(15)19)18(22-21-11)28(25,26)23-12-7-9-13(27-2)10-8-12/h3-11,16,18,21-23H,1-2H3,(H,20,24). The van der Waals surface area contributed by atoms with Crippen LogP contribution >= 0.6 is 0 Å². The number of ether oxygens (including phenoxy) is 1. The summed E-state index contributed by atoms with van der Waals surface area (Å²) in [5.74, 6) is -1.62. The number of hydrogen-bond acceptors (Lipinski definition) is 6. The predicted octanol–water partition coefficient (Wildman–Crippen LogP) is 1.65. The van der Waals surface area contributed by atoms with E-state index in [4.69, 9.17) is 4.74 Å². The molecule has 0 spiro atoms. The molecule has 2 aromatic rings. The number of hydrogen-bond donors (Lipinski definition) is 4. The van der Waals surface area contributed by atoms with Gasteiger partial charge in [0.2, 0.25) is 5.91 Å². The number of sulfonamides is 1. The number of methoxy groups -OCH3 is 1. The van der Waals surface area contributed by atoms with Gasteiger partial charge in [-0.05, 0) is 43.3 Å². The third-order valence-corrected chi connectivity index (χ3v) is 6.04. The van der Waals surface area contributed by atoms with E-state index in [2.05, 4.69) is 20.9 Å². The summed E-state index contributed by atoms with van der Waals surface area (Å²) >= 11 is 0. The number of benzene rings is 2. The summed E-state index contributed by atoms with van der Waals surface area (Å²) in [6, 6.07) is 11.5. The normalized spacial score (nSPS) is 21.9. The van der Waals surface area contributed by atoms with Crippen LogP contribution in [0.4, 0.5) is 15.8 Å². The molecule has 1 saturated heterocycles. The highest BCUT2D eigenvalue weighted by Gasteiger charge is 2.46. The van der Waals surface area contributed by atoms with Gasteiger partial charge in [-0.1, -0.05) is 12.1 Å². The molecular formula is C18H21FN4O4S. The van der Waals surface area contributed by atoms with Gasteiger partial charge in [-0.15, -0.1) is 0 Å². The summed E-state index contributed by atoms with van der Waals surface area (Å²) in [5.41, 5.74) is 5.73. The van der Waals surface area contributed by atoms with Crippen LogP contribution in [-0.2, 0) is 14.8 Å². The lowest BCUT2D eigenvalue weighted by atomic mass is 10.0. The summed E-state index contributed by atoms with van der Waals surface area (Å²) in [5, 5.41) is 1.21. The first-order valence-electron chi connectivity index (χ1n) is 8.54. The van der Waals surface area contributed by atoms with E-state index in [0.717, 1.165) is 0 Å². The number of nitrogens with one attached hydrogen (secondary N) is 4. The summed E-state index contributed by atoms with van der Waals surface area (Å²) in [6.07, 6.45) is 0. The van der Waals surface area contributed by atoms with Gasteiger partial charge < -0.3 is 10.1 Å². The molecule has 3 atom stereocenters. The van der Waals surface area contributed by atoms with Crippen LogP contribution in [0.1, 0.15) is 6.92 Å². The first-order valence-corrected chi connectivity index (χ1v) is 10.1. The molecule has 3 rings (SSSR count). The molecule has 1 amide bonds. The largest absolute Gasteiger partial charge is 0.497 e. The van der Waals surface area contributed by atoms with Crippen molar-refractivity contribution in [3.05, 3.63) is 54.3 Å². The maximum absolute atomic E-state index is 13.8. The van der Waals surface area contributed by atoms with Crippen LogP contribution in [0.3, 0.4) is 0 Å². The van der Waals surface area contributed by atoms with Crippen molar-refractivity contribution in [2.75, 3.05) is 17.1 Å². The van der Waals surface area contributed by atoms with Crippen molar-refractivity contribution >= 4 is 27.3 Å². The van der Waals surface area contributed by atoms with Crippen molar-refractivity contribution in [1.82, 2.24) is 10.9 Å². The molecular weight excluding hydrogens is 387 g/mol. The Morgan fingerprint density at radius 2 is 1.79 bits per heavy atom. The van der Waals surface area contributed by atoms with Crippen LogP contribution in [0, 0.1) is 11.7 Å². The number of amides is 1. The van der Waals surface area contributed by atoms with Crippen molar-refractivity contribution < 1.29 is 22.3 Å². The zero-order valence-electron chi connectivity index (χ0n) is 15.3. The first kappa shape index (κ1) is 20.1. The lowest BCUT2D eigenvalue weighted by molar-refractivity contribution is -0.119. The Balaban J connectivity index is 1.78. The number of rotatable bonds is 6. The average Bonchev–Trinajstić information content (AvgIpc) is 3.06. The van der Waals surface area contributed by atoms with E-state index in [-0.39, 0.29) is 5.69 Å². The fourth-order valence-corrected chi connectivity index (χ4v) is 4.52. The molecule has 0 bridgehead atoms. The van der Waals surface area contributed by atoms with E-state index in [9.17, 15) is 17.6 Å². The zero-order valence-corrected chi connectivity index (χ0v) is 16.1. The van der Waals surface area contributed by atoms with Crippen molar-refractivity contribution in [3.63, 3.8) is 0 Å². The molecule has 1 heterocycles. The summed E-state index contributed by atoms with van der Waals surface area (Å²) in [6.45, 7) is 1.67. The van der Waals surface area contributed by atoms with Crippen LogP contribution < -0.4 is 25.6 Å². The summed E-state index contributed by atoms with van der Waals surface area (Å²) in [4.78, 5) is 12.7. The summed E-state index contributed by atoms with van der Waals surface area (Å²) in [7, 11) is -2.47. The van der Waals surface area contributed by atoms with Gasteiger partial charge in [-0.2, -0.15) is 0 Å². The molecule has 0 aliphatic carbocycles. The molecule has 28 heavy (non-hydrogen) atoms. The maximum atomic E-state index is 13.8. The molecule has 150 valence electrons. The van der Waals surface area contributed by atoms with Crippen LogP contribution in [0.25, 0.3) is 0 Å². The lowest BCUT2D eigenvalue weighted by Crippen LogP contribution is -2.45. The summed E-state index contributed by atoms with van der Waals surface area (Å²) < 4.78 is 47.0. The highest BCUT2D eigenvalue weighted by Crippen LogP contribution is 2.25. The van der Waals surface area contributed by atoms with E-state index in [1.807, 2.05) is 0 Å². The number of carbonyl (C=O) groups excluding carboxylic acids is 1. The molecule has 1 aliphatic rings. The van der Waals surface area contributed by atoms with Gasteiger partial charge >= 0.3 is 0 Å². The number of hydrazine groups is 1. The first-order chi connectivity index (χ1) is 13.3. The van der Waals surface area contributed by atoms with E-state index in [1.54, 1.807) is 37.3 Å². The Morgan fingerprint density at radius 1 is 1.11 bits per heavy atom. The van der Waals surface area contributed by atoms with Gasteiger partial charge in [0.25, 0.3) is 10.0 Å². The molecule has 10 heteroatoms. The second-order valence-corrected chi connectivity index (χ2v) is 8.17. The van der Waals surface area contributed by atoms with Gasteiger partial charge in [0, 0.05) is 11.7 Å². The van der Waals surface area contributed by atoms with Gasteiger partial charge in [0.1, 0.15) is 11.6 Å². The molecule has 0 aromatic heterocycles. The van der Waals surface area contributed by atoms with E-state index < -0.39 is 39.1 Å². The number of carbonyl (C=O) groups is 1. The van der Waals surface area contributed by atoms with Crippen molar-refractivity contribution in [2.45, 2.75) is 18.3 Å². The fraction of sp³-hybridized carbons (Fsp3) is 0.278. The second-order valence-electron chi connectivity index (χ2n) is 6.37. The Hall–Kier alpha value is -2.69. The highest BCUT2D eigenvalue weighted by molar-refractivity contribution is 7.93. The van der Waals surface area contributed by atoms with Crippen LogP contribution in [0.2, 0.25) is 0 Å². The Kier molecular flexibility index (Phi) is 5.82. The molecule has 1 fully saturated rings. The average molecular weight is 408 g/mol. The monoisotopic (exact) mass is 408 g/mol. The molecule has 0 radical (unpaired) electrons. The number of halogens is 1. The van der Waals surface area contributed by atoms with Gasteiger partial charge in [0.05, 0.1) is 18.7 Å². The molecule has 4 N–H and O–H groups in total. The maximum Gasteiger partial charge on any atom is 0.250 e. The third kappa shape index (κ3) is 4.24. The van der Waals surface area contributed by atoms with Crippen molar-refractivity contribution in [1.29, 1.82) is 0 Å². The van der Waals surface area contributed by atoms with Gasteiger partial charge in [-0.3, -0.25) is 14.9 Å². The third-order valence-electron chi connectivity index (χ3n) is 4.44. The quantitative estimate of drug-likeness (QED) is 0.579. The fourth-order valence-electron chi connectivity index (χ4n) is 2.96. The number of para-hydroxylation sites is 1. The minimum atomic E-state index is -3.98. The molecule has 1 aliphatic heterocycles. The Morgan fingerprint density at radius 3 is 2.43 bits per heavy atom. The SMILES string of the molecule is COc1ccc(NS(=O)(=O)C2NNC(C)C2C(=O)Nc2ccccc2F)cc1. The topological polar surface area (TPSA) is 109 Å². The minimum Gasteiger partial charge on any atom is -0.497 e. The molecule has 8 nitrogen and oxygen atoms in total. The number of anilines is 2. The second kappa shape index (κ2) is 8.13. The Labute approximate surface area is 162 Å². The Bertz CT molecular complexity index is 952. The predicted molar refractivity (Wildman–Crippen MR) is 104 cm³/mol. The molecule has 0 saturated carbocycles. The molecule has 3 unspecified atom stereocenters. The van der Waals surface area contributed by atoms with E-state index in [1.165, 1.54) is 25.3 Å². The van der Waals surface area contributed by atoms with Crippen LogP contribution in [0.5, 0.6) is 5.75 Å². The van der Waals surface area contributed by atoms with Crippen molar-refractivity contribution in [3.8, 4) is 5.75 Å². The smallest absolute Gasteiger partial charge is 0.250 e. The van der Waals surface area contributed by atoms with Crippen LogP contribution in [-0.4, -0.2) is 32.9 Å². The van der Waals surface area contributed by atoms with Gasteiger partial charge in [-0.25, -0.2) is 18.2 Å². The van der Waals surface area contributed by atoms with Crippen LogP contribution in [0.15, 0.2) is 48.5 Å². The van der Waals surface area contributed by atoms with Gasteiger partial charge in [0.15, 0.2) is 5.37 Å². The molecule has 2 aromatic carbocycles. The zero-order chi connectivity index (χ0) is 20.3. The van der Waals surface area contributed by atoms with E-state index >= 15 is 0 Å².